The van der Waals surface area contributed by atoms with Crippen molar-refractivity contribution in [1.29, 1.82) is 0 Å². The lowest BCUT2D eigenvalue weighted by molar-refractivity contribution is -0.124. The zero-order chi connectivity index (χ0) is 14.8. The number of rotatable bonds is 3. The Balaban J connectivity index is 1.80. The first-order chi connectivity index (χ1) is 10.1. The van der Waals surface area contributed by atoms with Crippen LogP contribution in [0.5, 0.6) is 0 Å². The van der Waals surface area contributed by atoms with Crippen LogP contribution in [0.15, 0.2) is 48.7 Å². The molecule has 0 fully saturated rings. The highest BCUT2D eigenvalue weighted by Gasteiger charge is 2.19. The molecular formula is C15H12ClN3O2. The van der Waals surface area contributed by atoms with E-state index in [0.29, 0.717) is 16.3 Å². The van der Waals surface area contributed by atoms with E-state index in [1.54, 1.807) is 48.7 Å². The van der Waals surface area contributed by atoms with Crippen molar-refractivity contribution in [3.63, 3.8) is 0 Å². The number of nitrogens with one attached hydrogen (secondary N) is 2. The molecule has 106 valence electrons. The number of nitrogens with zero attached hydrogens (tertiary/aromatic N) is 1. The monoisotopic (exact) mass is 301 g/mol. The Kier molecular flexibility index (Phi) is 3.60. The number of H-pyrrole nitrogens is 1. The van der Waals surface area contributed by atoms with Crippen molar-refractivity contribution in [1.82, 2.24) is 10.2 Å². The number of aromatic nitrogens is 2. The van der Waals surface area contributed by atoms with E-state index in [4.69, 9.17) is 11.6 Å². The number of carbonyl (C=O) groups excluding carboxylic acids is 1. The molecule has 0 saturated carbocycles. The molecule has 0 spiro atoms. The first-order valence-electron chi connectivity index (χ1n) is 6.31. The predicted octanol–water partition coefficient (Wildman–Crippen LogP) is 2.89. The zero-order valence-electron chi connectivity index (χ0n) is 10.9. The van der Waals surface area contributed by atoms with E-state index in [2.05, 4.69) is 15.5 Å². The number of hydrogen-bond acceptors (Lipinski definition) is 3. The van der Waals surface area contributed by atoms with Crippen LogP contribution in [0.2, 0.25) is 5.02 Å². The molecule has 0 radical (unpaired) electrons. The van der Waals surface area contributed by atoms with Crippen LogP contribution in [0, 0.1) is 0 Å². The topological polar surface area (TPSA) is 78.0 Å². The molecule has 1 amide bonds. The van der Waals surface area contributed by atoms with Crippen LogP contribution in [-0.2, 0) is 4.79 Å². The molecular weight excluding hydrogens is 290 g/mol. The normalized spacial score (nSPS) is 12.3. The summed E-state index contributed by atoms with van der Waals surface area (Å²) in [5.74, 6) is -0.536. The van der Waals surface area contributed by atoms with Crippen molar-refractivity contribution >= 4 is 34.1 Å². The van der Waals surface area contributed by atoms with Gasteiger partial charge in [0.2, 0.25) is 0 Å². The van der Waals surface area contributed by atoms with E-state index in [1.807, 2.05) is 0 Å². The Bertz CT molecular complexity index is 800. The first-order valence-corrected chi connectivity index (χ1v) is 6.69. The SMILES string of the molecule is O=C(Nc1ccc2[nH]ncc2c1)C(O)c1ccccc1Cl. The van der Waals surface area contributed by atoms with Gasteiger partial charge in [-0.25, -0.2) is 0 Å². The molecule has 0 aliphatic carbocycles. The van der Waals surface area contributed by atoms with Gasteiger partial charge in [-0.15, -0.1) is 0 Å². The molecule has 1 unspecified atom stereocenters. The zero-order valence-corrected chi connectivity index (χ0v) is 11.6. The van der Waals surface area contributed by atoms with E-state index >= 15 is 0 Å². The molecule has 2 aromatic carbocycles. The summed E-state index contributed by atoms with van der Waals surface area (Å²) in [6.45, 7) is 0. The van der Waals surface area contributed by atoms with Crippen molar-refractivity contribution in [2.75, 3.05) is 5.32 Å². The predicted molar refractivity (Wildman–Crippen MR) is 81.1 cm³/mol. The number of hydrogen-bond donors (Lipinski definition) is 3. The molecule has 3 rings (SSSR count). The number of aliphatic hydroxyl groups is 1. The number of halogens is 1. The smallest absolute Gasteiger partial charge is 0.257 e. The van der Waals surface area contributed by atoms with Crippen LogP contribution in [0.1, 0.15) is 11.7 Å². The number of amides is 1. The summed E-state index contributed by atoms with van der Waals surface area (Å²) in [6, 6.07) is 12.0. The Morgan fingerprint density at radius 2 is 2.10 bits per heavy atom. The van der Waals surface area contributed by atoms with Crippen LogP contribution < -0.4 is 5.32 Å². The van der Waals surface area contributed by atoms with Gasteiger partial charge in [0.25, 0.3) is 5.91 Å². The molecule has 21 heavy (non-hydrogen) atoms. The van der Waals surface area contributed by atoms with Gasteiger partial charge >= 0.3 is 0 Å². The number of aromatic amines is 1. The fraction of sp³-hybridized carbons (Fsp3) is 0.0667. The van der Waals surface area contributed by atoms with Crippen LogP contribution >= 0.6 is 11.6 Å². The average molecular weight is 302 g/mol. The molecule has 1 atom stereocenters. The molecule has 3 N–H and O–H groups in total. The Morgan fingerprint density at radius 3 is 2.90 bits per heavy atom. The van der Waals surface area contributed by atoms with E-state index < -0.39 is 12.0 Å². The fourth-order valence-corrected chi connectivity index (χ4v) is 2.31. The number of aliphatic hydroxyl groups excluding tert-OH is 1. The molecule has 1 aromatic heterocycles. The van der Waals surface area contributed by atoms with Crippen LogP contribution in [-0.4, -0.2) is 21.2 Å². The summed E-state index contributed by atoms with van der Waals surface area (Å²) in [6.07, 6.45) is 0.342. The molecule has 6 heteroatoms. The largest absolute Gasteiger partial charge is 0.378 e. The van der Waals surface area contributed by atoms with Crippen LogP contribution in [0.25, 0.3) is 10.9 Å². The first kappa shape index (κ1) is 13.6. The number of benzene rings is 2. The quantitative estimate of drug-likeness (QED) is 0.696. The highest BCUT2D eigenvalue weighted by molar-refractivity contribution is 6.31. The lowest BCUT2D eigenvalue weighted by atomic mass is 10.1. The van der Waals surface area contributed by atoms with Gasteiger partial charge in [0.15, 0.2) is 6.10 Å². The Hall–Kier alpha value is -2.37. The third-order valence-electron chi connectivity index (χ3n) is 3.16. The maximum absolute atomic E-state index is 12.1. The fourth-order valence-electron chi connectivity index (χ4n) is 2.07. The lowest BCUT2D eigenvalue weighted by Gasteiger charge is -2.13. The third-order valence-corrected chi connectivity index (χ3v) is 3.50. The van der Waals surface area contributed by atoms with E-state index in [1.165, 1.54) is 0 Å². The maximum Gasteiger partial charge on any atom is 0.257 e. The van der Waals surface area contributed by atoms with Gasteiger partial charge in [-0.2, -0.15) is 5.10 Å². The van der Waals surface area contributed by atoms with Crippen LogP contribution in [0.3, 0.4) is 0 Å². The summed E-state index contributed by atoms with van der Waals surface area (Å²) >= 11 is 5.98. The highest BCUT2D eigenvalue weighted by atomic mass is 35.5. The van der Waals surface area contributed by atoms with Gasteiger partial charge in [0, 0.05) is 21.7 Å². The van der Waals surface area contributed by atoms with Gasteiger partial charge in [0.05, 0.1) is 11.7 Å². The molecule has 5 nitrogen and oxygen atoms in total. The molecule has 1 heterocycles. The summed E-state index contributed by atoms with van der Waals surface area (Å²) in [5, 5.41) is 20.7. The Labute approximate surface area is 125 Å². The minimum Gasteiger partial charge on any atom is -0.378 e. The van der Waals surface area contributed by atoms with Gasteiger partial charge in [-0.05, 0) is 24.3 Å². The van der Waals surface area contributed by atoms with Crippen molar-refractivity contribution in [3.05, 3.63) is 59.2 Å². The minimum atomic E-state index is -1.32. The van der Waals surface area contributed by atoms with Gasteiger partial charge in [-0.3, -0.25) is 9.89 Å². The standard InChI is InChI=1S/C15H12ClN3O2/c16-12-4-2-1-3-11(12)14(20)15(21)18-10-5-6-13-9(7-10)8-17-19-13/h1-8,14,20H,(H,17,19)(H,18,21). The third kappa shape index (κ3) is 2.74. The molecule has 0 saturated heterocycles. The van der Waals surface area contributed by atoms with Crippen molar-refractivity contribution in [2.45, 2.75) is 6.10 Å². The summed E-state index contributed by atoms with van der Waals surface area (Å²) < 4.78 is 0. The van der Waals surface area contributed by atoms with Crippen molar-refractivity contribution in [2.24, 2.45) is 0 Å². The second-order valence-electron chi connectivity index (χ2n) is 4.59. The van der Waals surface area contributed by atoms with Crippen molar-refractivity contribution in [3.8, 4) is 0 Å². The molecule has 0 aliphatic rings. The van der Waals surface area contributed by atoms with Gasteiger partial charge in [-0.1, -0.05) is 29.8 Å². The minimum absolute atomic E-state index is 0.352. The van der Waals surface area contributed by atoms with Crippen LogP contribution in [0.4, 0.5) is 5.69 Å². The summed E-state index contributed by atoms with van der Waals surface area (Å²) in [7, 11) is 0. The van der Waals surface area contributed by atoms with E-state index in [0.717, 1.165) is 10.9 Å². The Morgan fingerprint density at radius 1 is 1.29 bits per heavy atom. The highest BCUT2D eigenvalue weighted by Crippen LogP contribution is 2.24. The lowest BCUT2D eigenvalue weighted by Crippen LogP contribution is -2.21. The summed E-state index contributed by atoms with van der Waals surface area (Å²) in [4.78, 5) is 12.1. The summed E-state index contributed by atoms with van der Waals surface area (Å²) in [5.41, 5.74) is 1.83. The van der Waals surface area contributed by atoms with E-state index in [9.17, 15) is 9.90 Å². The number of carbonyl (C=O) groups is 1. The van der Waals surface area contributed by atoms with Gasteiger partial charge in [0.1, 0.15) is 0 Å². The number of anilines is 1. The number of fused-ring (bicyclic) bond motifs is 1. The molecule has 0 bridgehead atoms. The molecule has 0 aliphatic heterocycles. The maximum atomic E-state index is 12.1. The van der Waals surface area contributed by atoms with Gasteiger partial charge < -0.3 is 10.4 Å². The molecule has 3 aromatic rings. The second-order valence-corrected chi connectivity index (χ2v) is 4.99. The van der Waals surface area contributed by atoms with E-state index in [-0.39, 0.29) is 0 Å². The second kappa shape index (κ2) is 5.55. The van der Waals surface area contributed by atoms with Crippen molar-refractivity contribution < 1.29 is 9.90 Å². The average Bonchev–Trinajstić information content (AvgIpc) is 2.94.